The van der Waals surface area contributed by atoms with Crippen molar-refractivity contribution in [1.29, 1.82) is 0 Å². The summed E-state index contributed by atoms with van der Waals surface area (Å²) in [5, 5.41) is 0. The van der Waals surface area contributed by atoms with Gasteiger partial charge in [0.2, 0.25) is 0 Å². The molecule has 2 aromatic rings. The summed E-state index contributed by atoms with van der Waals surface area (Å²) in [6, 6.07) is 9.80. The molecule has 1 aliphatic heterocycles. The zero-order chi connectivity index (χ0) is 21.7. The molecule has 0 bridgehead atoms. The molecule has 0 aliphatic carbocycles. The fourth-order valence-corrected chi connectivity index (χ4v) is 2.92. The predicted molar refractivity (Wildman–Crippen MR) is 95.7 cm³/mol. The van der Waals surface area contributed by atoms with Crippen LogP contribution in [0.15, 0.2) is 48.5 Å². The quantitative estimate of drug-likeness (QED) is 0.643. The number of carbonyl (C=O) groups is 1. The maximum Gasteiger partial charge on any atom is 0.416 e. The number of benzene rings is 2. The Labute approximate surface area is 168 Å². The second-order valence-corrected chi connectivity index (χ2v) is 6.48. The van der Waals surface area contributed by atoms with Crippen molar-refractivity contribution in [2.24, 2.45) is 0 Å². The van der Waals surface area contributed by atoms with Gasteiger partial charge in [0.05, 0.1) is 18.7 Å². The molecule has 0 N–H and O–H groups in total. The SMILES string of the molecule is O=C(c1ccc(OC(F)F)cc1)N1CCOC(COc2cccc(C(F)(F)F)c2)C1. The van der Waals surface area contributed by atoms with Gasteiger partial charge < -0.3 is 19.1 Å². The van der Waals surface area contributed by atoms with Crippen molar-refractivity contribution in [2.45, 2.75) is 18.9 Å². The smallest absolute Gasteiger partial charge is 0.416 e. The van der Waals surface area contributed by atoms with Gasteiger partial charge in [-0.2, -0.15) is 22.0 Å². The molecular weight excluding hydrogens is 413 g/mol. The van der Waals surface area contributed by atoms with Crippen molar-refractivity contribution < 1.29 is 41.0 Å². The lowest BCUT2D eigenvalue weighted by atomic mass is 10.1. The maximum atomic E-state index is 12.8. The molecule has 1 aliphatic rings. The van der Waals surface area contributed by atoms with Gasteiger partial charge in [-0.15, -0.1) is 0 Å². The molecule has 1 atom stereocenters. The average Bonchev–Trinajstić information content (AvgIpc) is 2.72. The van der Waals surface area contributed by atoms with Crippen LogP contribution in [0.25, 0.3) is 0 Å². The second kappa shape index (κ2) is 9.29. The largest absolute Gasteiger partial charge is 0.491 e. The van der Waals surface area contributed by atoms with Crippen LogP contribution in [0.2, 0.25) is 0 Å². The van der Waals surface area contributed by atoms with Gasteiger partial charge in [0, 0.05) is 12.1 Å². The third-order valence-electron chi connectivity index (χ3n) is 4.35. The highest BCUT2D eigenvalue weighted by atomic mass is 19.4. The van der Waals surface area contributed by atoms with Crippen LogP contribution < -0.4 is 9.47 Å². The lowest BCUT2D eigenvalue weighted by Gasteiger charge is -2.33. The summed E-state index contributed by atoms with van der Waals surface area (Å²) in [6.07, 6.45) is -5.00. The highest BCUT2D eigenvalue weighted by Crippen LogP contribution is 2.31. The van der Waals surface area contributed by atoms with Gasteiger partial charge in [-0.1, -0.05) is 6.07 Å². The first kappa shape index (κ1) is 21.8. The van der Waals surface area contributed by atoms with Crippen molar-refractivity contribution in [3.8, 4) is 11.5 Å². The monoisotopic (exact) mass is 431 g/mol. The topological polar surface area (TPSA) is 48.0 Å². The van der Waals surface area contributed by atoms with E-state index in [1.54, 1.807) is 0 Å². The maximum absolute atomic E-state index is 12.8. The van der Waals surface area contributed by atoms with E-state index in [9.17, 15) is 26.7 Å². The zero-order valence-electron chi connectivity index (χ0n) is 15.6. The summed E-state index contributed by atoms with van der Waals surface area (Å²) in [5.74, 6) is -0.339. The summed E-state index contributed by atoms with van der Waals surface area (Å²) in [4.78, 5) is 14.1. The van der Waals surface area contributed by atoms with E-state index in [2.05, 4.69) is 4.74 Å². The number of hydrogen-bond acceptors (Lipinski definition) is 4. The Hall–Kier alpha value is -2.88. The fraction of sp³-hybridized carbons (Fsp3) is 0.350. The molecule has 162 valence electrons. The Bertz CT molecular complexity index is 857. The third kappa shape index (κ3) is 5.82. The Morgan fingerprint density at radius 2 is 1.87 bits per heavy atom. The first-order valence-corrected chi connectivity index (χ1v) is 8.98. The summed E-state index contributed by atoms with van der Waals surface area (Å²) >= 11 is 0. The molecule has 30 heavy (non-hydrogen) atoms. The third-order valence-corrected chi connectivity index (χ3v) is 4.35. The minimum atomic E-state index is -4.47. The van der Waals surface area contributed by atoms with E-state index in [0.29, 0.717) is 6.54 Å². The summed E-state index contributed by atoms with van der Waals surface area (Å²) < 4.78 is 78.0. The normalized spacial score (nSPS) is 17.1. The molecular formula is C20H18F5NO4. The zero-order valence-corrected chi connectivity index (χ0v) is 15.6. The molecule has 0 radical (unpaired) electrons. The van der Waals surface area contributed by atoms with Crippen LogP contribution >= 0.6 is 0 Å². The Balaban J connectivity index is 1.57. The number of alkyl halides is 5. The Morgan fingerprint density at radius 1 is 1.13 bits per heavy atom. The van der Waals surface area contributed by atoms with E-state index in [1.807, 2.05) is 0 Å². The predicted octanol–water partition coefficient (Wildman–Crippen LogP) is 4.23. The minimum absolute atomic E-state index is 0.0355. The number of amides is 1. The standard InChI is InChI=1S/C20H18F5NO4/c21-19(22)30-15-6-4-13(5-7-15)18(27)26-8-9-28-17(11-26)12-29-16-3-1-2-14(10-16)20(23,24)25/h1-7,10,17,19H,8-9,11-12H2. The van der Waals surface area contributed by atoms with Gasteiger partial charge in [0.15, 0.2) is 0 Å². The number of hydrogen-bond donors (Lipinski definition) is 0. The van der Waals surface area contributed by atoms with Gasteiger partial charge in [0.25, 0.3) is 5.91 Å². The van der Waals surface area contributed by atoms with Crippen molar-refractivity contribution in [1.82, 2.24) is 4.90 Å². The van der Waals surface area contributed by atoms with E-state index < -0.39 is 24.5 Å². The Morgan fingerprint density at radius 3 is 2.53 bits per heavy atom. The molecule has 3 rings (SSSR count). The van der Waals surface area contributed by atoms with E-state index in [4.69, 9.17) is 9.47 Å². The van der Waals surface area contributed by atoms with E-state index in [1.165, 1.54) is 41.3 Å². The second-order valence-electron chi connectivity index (χ2n) is 6.48. The van der Waals surface area contributed by atoms with Crippen LogP contribution in [-0.2, 0) is 10.9 Å². The lowest BCUT2D eigenvalue weighted by molar-refractivity contribution is -0.137. The van der Waals surface area contributed by atoms with Crippen molar-refractivity contribution in [2.75, 3.05) is 26.3 Å². The van der Waals surface area contributed by atoms with Crippen LogP contribution in [0.4, 0.5) is 22.0 Å². The highest BCUT2D eigenvalue weighted by molar-refractivity contribution is 5.94. The number of halogens is 5. The van der Waals surface area contributed by atoms with Crippen LogP contribution in [0.5, 0.6) is 11.5 Å². The minimum Gasteiger partial charge on any atom is -0.491 e. The highest BCUT2D eigenvalue weighted by Gasteiger charge is 2.31. The molecule has 1 heterocycles. The molecule has 10 heteroatoms. The average molecular weight is 431 g/mol. The molecule has 1 amide bonds. The van der Waals surface area contributed by atoms with Crippen LogP contribution in [0.1, 0.15) is 15.9 Å². The molecule has 1 unspecified atom stereocenters. The van der Waals surface area contributed by atoms with Crippen LogP contribution in [-0.4, -0.2) is 49.8 Å². The number of nitrogens with zero attached hydrogens (tertiary/aromatic N) is 1. The van der Waals surface area contributed by atoms with Gasteiger partial charge in [-0.3, -0.25) is 4.79 Å². The Kier molecular flexibility index (Phi) is 6.76. The molecule has 1 saturated heterocycles. The van der Waals surface area contributed by atoms with E-state index in [-0.39, 0.29) is 42.7 Å². The van der Waals surface area contributed by atoms with Crippen molar-refractivity contribution >= 4 is 5.91 Å². The molecule has 5 nitrogen and oxygen atoms in total. The lowest BCUT2D eigenvalue weighted by Crippen LogP contribution is -2.47. The molecule has 2 aromatic carbocycles. The van der Waals surface area contributed by atoms with Crippen LogP contribution in [0.3, 0.4) is 0 Å². The molecule has 0 saturated carbocycles. The van der Waals surface area contributed by atoms with Gasteiger partial charge in [-0.25, -0.2) is 0 Å². The molecule has 1 fully saturated rings. The number of ether oxygens (including phenoxy) is 3. The van der Waals surface area contributed by atoms with Gasteiger partial charge >= 0.3 is 12.8 Å². The van der Waals surface area contributed by atoms with Gasteiger partial charge in [-0.05, 0) is 42.5 Å². The first-order valence-electron chi connectivity index (χ1n) is 8.98. The molecule has 0 aromatic heterocycles. The summed E-state index contributed by atoms with van der Waals surface area (Å²) in [7, 11) is 0. The fourth-order valence-electron chi connectivity index (χ4n) is 2.92. The van der Waals surface area contributed by atoms with E-state index >= 15 is 0 Å². The van der Waals surface area contributed by atoms with Gasteiger partial charge in [0.1, 0.15) is 24.2 Å². The van der Waals surface area contributed by atoms with Crippen molar-refractivity contribution in [3.05, 3.63) is 59.7 Å². The number of morpholine rings is 1. The molecule has 0 spiro atoms. The van der Waals surface area contributed by atoms with Crippen molar-refractivity contribution in [3.63, 3.8) is 0 Å². The first-order chi connectivity index (χ1) is 14.2. The van der Waals surface area contributed by atoms with Crippen LogP contribution in [0, 0.1) is 0 Å². The number of rotatable bonds is 6. The summed E-state index contributed by atoms with van der Waals surface area (Å²) in [5.41, 5.74) is -0.531. The number of carbonyl (C=O) groups excluding carboxylic acids is 1. The van der Waals surface area contributed by atoms with E-state index in [0.717, 1.165) is 12.1 Å². The summed E-state index contributed by atoms with van der Waals surface area (Å²) in [6.45, 7) is -2.27.